The van der Waals surface area contributed by atoms with Crippen molar-refractivity contribution < 1.29 is 9.53 Å². The lowest BCUT2D eigenvalue weighted by atomic mass is 10.1. The van der Waals surface area contributed by atoms with Crippen LogP contribution in [-0.4, -0.2) is 46.7 Å². The van der Waals surface area contributed by atoms with Gasteiger partial charge < -0.3 is 15.0 Å². The maximum atomic E-state index is 12.1. The fourth-order valence-corrected chi connectivity index (χ4v) is 3.37. The fraction of sp³-hybridized carbons (Fsp3) is 0.524. The number of carbonyl (C=O) groups excluding carboxylic acids is 1. The molecule has 0 saturated carbocycles. The number of benzene rings is 1. The molecular formula is C21H30N4O2. The second-order valence-corrected chi connectivity index (χ2v) is 7.41. The highest BCUT2D eigenvalue weighted by Gasteiger charge is 2.11. The van der Waals surface area contributed by atoms with Crippen molar-refractivity contribution >= 4 is 11.7 Å². The lowest BCUT2D eigenvalue weighted by Crippen LogP contribution is -2.31. The van der Waals surface area contributed by atoms with Gasteiger partial charge in [-0.15, -0.1) is 0 Å². The average Bonchev–Trinajstić information content (AvgIpc) is 3.11. The Kier molecular flexibility index (Phi) is 6.87. The topological polar surface area (TPSA) is 70.2 Å². The molecule has 1 amide bonds. The van der Waals surface area contributed by atoms with E-state index in [0.29, 0.717) is 12.2 Å². The van der Waals surface area contributed by atoms with Gasteiger partial charge in [-0.2, -0.15) is 5.10 Å². The molecule has 1 aliphatic rings. The van der Waals surface area contributed by atoms with Gasteiger partial charge in [0.05, 0.1) is 11.8 Å². The van der Waals surface area contributed by atoms with Crippen molar-refractivity contribution in [3.05, 3.63) is 30.3 Å². The Morgan fingerprint density at radius 3 is 2.67 bits per heavy atom. The summed E-state index contributed by atoms with van der Waals surface area (Å²) in [5.74, 6) is 1.43. The number of aromatic nitrogens is 2. The molecule has 0 unspecified atom stereocenters. The number of likely N-dealkylation sites (tertiary alicyclic amines) is 1. The number of H-pyrrole nitrogens is 1. The summed E-state index contributed by atoms with van der Waals surface area (Å²) >= 11 is 0. The molecule has 0 bridgehead atoms. The number of ether oxygens (including phenoxy) is 1. The van der Waals surface area contributed by atoms with Gasteiger partial charge in [0.15, 0.2) is 5.82 Å². The smallest absolute Gasteiger partial charge is 0.225 e. The number of nitrogens with one attached hydrogen (secondary N) is 2. The van der Waals surface area contributed by atoms with E-state index in [2.05, 4.69) is 20.4 Å². The van der Waals surface area contributed by atoms with Crippen LogP contribution in [0.4, 0.5) is 5.82 Å². The highest BCUT2D eigenvalue weighted by atomic mass is 16.5. The second-order valence-electron chi connectivity index (χ2n) is 7.41. The van der Waals surface area contributed by atoms with E-state index in [1.165, 1.54) is 32.4 Å². The zero-order valence-electron chi connectivity index (χ0n) is 16.3. The minimum atomic E-state index is 0.0192. The van der Waals surface area contributed by atoms with E-state index in [1.54, 1.807) is 0 Å². The van der Waals surface area contributed by atoms with E-state index in [1.807, 2.05) is 44.2 Å². The van der Waals surface area contributed by atoms with Crippen LogP contribution in [0.1, 0.15) is 46.0 Å². The maximum Gasteiger partial charge on any atom is 0.225 e. The lowest BCUT2D eigenvalue weighted by molar-refractivity contribution is -0.116. The number of aromatic amines is 1. The second kappa shape index (κ2) is 9.55. The first-order valence-corrected chi connectivity index (χ1v) is 9.95. The molecular weight excluding hydrogens is 340 g/mol. The molecule has 2 aromatic rings. The zero-order chi connectivity index (χ0) is 19.1. The Balaban J connectivity index is 1.46. The Bertz CT molecular complexity index is 718. The highest BCUT2D eigenvalue weighted by Crippen LogP contribution is 2.23. The van der Waals surface area contributed by atoms with Crippen molar-refractivity contribution in [3.8, 4) is 17.0 Å². The van der Waals surface area contributed by atoms with Gasteiger partial charge in [0.1, 0.15) is 5.75 Å². The van der Waals surface area contributed by atoms with E-state index in [0.717, 1.165) is 30.0 Å². The Morgan fingerprint density at radius 1 is 1.22 bits per heavy atom. The number of carbonyl (C=O) groups is 1. The molecule has 1 aromatic heterocycles. The van der Waals surface area contributed by atoms with Crippen molar-refractivity contribution in [3.63, 3.8) is 0 Å². The third-order valence-corrected chi connectivity index (χ3v) is 4.71. The first-order chi connectivity index (χ1) is 13.1. The highest BCUT2D eigenvalue weighted by molar-refractivity contribution is 5.90. The molecule has 6 nitrogen and oxygen atoms in total. The summed E-state index contributed by atoms with van der Waals surface area (Å²) in [6.45, 7) is 7.36. The van der Waals surface area contributed by atoms with Gasteiger partial charge in [0.2, 0.25) is 5.91 Å². The first kappa shape index (κ1) is 19.4. The van der Waals surface area contributed by atoms with Crippen LogP contribution in [0, 0.1) is 0 Å². The molecule has 6 heteroatoms. The Hall–Kier alpha value is -2.34. The Morgan fingerprint density at radius 2 is 1.96 bits per heavy atom. The molecule has 0 radical (unpaired) electrons. The summed E-state index contributed by atoms with van der Waals surface area (Å²) in [6, 6.07) is 9.70. The van der Waals surface area contributed by atoms with Crippen LogP contribution < -0.4 is 10.1 Å². The van der Waals surface area contributed by atoms with Crippen LogP contribution in [0.3, 0.4) is 0 Å². The van der Waals surface area contributed by atoms with Gasteiger partial charge in [0.25, 0.3) is 0 Å². The number of hydrogen-bond acceptors (Lipinski definition) is 4. The van der Waals surface area contributed by atoms with Crippen molar-refractivity contribution in [1.29, 1.82) is 0 Å². The molecule has 3 rings (SSSR count). The third-order valence-electron chi connectivity index (χ3n) is 4.71. The van der Waals surface area contributed by atoms with Crippen molar-refractivity contribution in [2.24, 2.45) is 0 Å². The SMILES string of the molecule is CC(C)Oc1ccc(-c2cc(NC(=O)CCCN3CCCCC3)n[nH]2)cc1. The lowest BCUT2D eigenvalue weighted by Gasteiger charge is -2.26. The predicted octanol–water partition coefficient (Wildman–Crippen LogP) is 4.07. The van der Waals surface area contributed by atoms with Crippen LogP contribution in [0.25, 0.3) is 11.3 Å². The number of anilines is 1. The molecule has 0 spiro atoms. The molecule has 0 aliphatic carbocycles. The molecule has 146 valence electrons. The molecule has 1 aliphatic heterocycles. The number of hydrogen-bond donors (Lipinski definition) is 2. The summed E-state index contributed by atoms with van der Waals surface area (Å²) in [4.78, 5) is 14.6. The van der Waals surface area contributed by atoms with Crippen molar-refractivity contribution in [1.82, 2.24) is 15.1 Å². The molecule has 2 heterocycles. The van der Waals surface area contributed by atoms with Crippen molar-refractivity contribution in [2.45, 2.75) is 52.1 Å². The zero-order valence-corrected chi connectivity index (χ0v) is 16.3. The average molecular weight is 370 g/mol. The van der Waals surface area contributed by atoms with E-state index in [4.69, 9.17) is 4.74 Å². The van der Waals surface area contributed by atoms with Gasteiger partial charge in [-0.1, -0.05) is 6.42 Å². The van der Waals surface area contributed by atoms with Gasteiger partial charge in [-0.3, -0.25) is 9.89 Å². The molecule has 1 fully saturated rings. The van der Waals surface area contributed by atoms with E-state index >= 15 is 0 Å². The molecule has 1 aromatic carbocycles. The predicted molar refractivity (Wildman–Crippen MR) is 108 cm³/mol. The standard InChI is InChI=1S/C21H30N4O2/c1-16(2)27-18-10-8-17(9-11-18)19-15-20(24-23-19)22-21(26)7-6-14-25-12-4-3-5-13-25/h8-11,15-16H,3-7,12-14H2,1-2H3,(H2,22,23,24,26). The van der Waals surface area contributed by atoms with Crippen LogP contribution in [0.2, 0.25) is 0 Å². The number of amides is 1. The fourth-order valence-electron chi connectivity index (χ4n) is 3.37. The van der Waals surface area contributed by atoms with E-state index < -0.39 is 0 Å². The summed E-state index contributed by atoms with van der Waals surface area (Å²) in [6.07, 6.45) is 5.48. The monoisotopic (exact) mass is 370 g/mol. The maximum absolute atomic E-state index is 12.1. The summed E-state index contributed by atoms with van der Waals surface area (Å²) < 4.78 is 5.66. The number of piperidine rings is 1. The van der Waals surface area contributed by atoms with E-state index in [9.17, 15) is 4.79 Å². The first-order valence-electron chi connectivity index (χ1n) is 9.95. The normalized spacial score (nSPS) is 15.1. The largest absolute Gasteiger partial charge is 0.491 e. The summed E-state index contributed by atoms with van der Waals surface area (Å²) in [5.41, 5.74) is 1.87. The van der Waals surface area contributed by atoms with E-state index in [-0.39, 0.29) is 12.0 Å². The van der Waals surface area contributed by atoms with Gasteiger partial charge >= 0.3 is 0 Å². The molecule has 0 atom stereocenters. The van der Waals surface area contributed by atoms with Gasteiger partial charge in [-0.05, 0) is 82.6 Å². The summed E-state index contributed by atoms with van der Waals surface area (Å²) in [5, 5.41) is 10.1. The number of rotatable bonds is 8. The van der Waals surface area contributed by atoms with Crippen LogP contribution in [0.15, 0.2) is 30.3 Å². The Labute approximate surface area is 161 Å². The van der Waals surface area contributed by atoms with Crippen molar-refractivity contribution in [2.75, 3.05) is 25.0 Å². The minimum Gasteiger partial charge on any atom is -0.491 e. The molecule has 2 N–H and O–H groups in total. The van der Waals surface area contributed by atoms with Gasteiger partial charge in [0, 0.05) is 12.5 Å². The molecule has 27 heavy (non-hydrogen) atoms. The quantitative estimate of drug-likeness (QED) is 0.735. The molecule has 1 saturated heterocycles. The summed E-state index contributed by atoms with van der Waals surface area (Å²) in [7, 11) is 0. The minimum absolute atomic E-state index is 0.0192. The van der Waals surface area contributed by atoms with Crippen LogP contribution in [0.5, 0.6) is 5.75 Å². The van der Waals surface area contributed by atoms with Gasteiger partial charge in [-0.25, -0.2) is 0 Å². The number of nitrogens with zero attached hydrogens (tertiary/aromatic N) is 2. The third kappa shape index (κ3) is 6.10. The van der Waals surface area contributed by atoms with Crippen LogP contribution in [-0.2, 0) is 4.79 Å². The van der Waals surface area contributed by atoms with Crippen LogP contribution >= 0.6 is 0 Å².